The summed E-state index contributed by atoms with van der Waals surface area (Å²) in [5, 5.41) is 0. The summed E-state index contributed by atoms with van der Waals surface area (Å²) in [5.41, 5.74) is 0.901. The minimum absolute atomic E-state index is 0.0693. The molecule has 4 rings (SSSR count). The maximum absolute atomic E-state index is 13.4. The van der Waals surface area contributed by atoms with Crippen molar-refractivity contribution in [3.63, 3.8) is 0 Å². The second-order valence-corrected chi connectivity index (χ2v) is 9.01. The highest BCUT2D eigenvalue weighted by Crippen LogP contribution is 2.28. The van der Waals surface area contributed by atoms with Gasteiger partial charge in [-0.3, -0.25) is 9.59 Å². The van der Waals surface area contributed by atoms with Gasteiger partial charge in [-0.15, -0.1) is 0 Å². The third kappa shape index (κ3) is 4.32. The molecule has 0 saturated carbocycles. The lowest BCUT2D eigenvalue weighted by molar-refractivity contribution is -0.138. The van der Waals surface area contributed by atoms with Crippen LogP contribution < -0.4 is 4.90 Å². The van der Waals surface area contributed by atoms with Crippen LogP contribution in [0.1, 0.15) is 25.7 Å². The van der Waals surface area contributed by atoms with E-state index in [9.17, 15) is 9.59 Å². The Morgan fingerprint density at radius 3 is 2.63 bits per heavy atom. The Hall–Kier alpha value is -1.53. The van der Waals surface area contributed by atoms with Crippen LogP contribution in [-0.4, -0.2) is 71.9 Å². The van der Waals surface area contributed by atoms with E-state index in [0.717, 1.165) is 49.8 Å². The van der Waals surface area contributed by atoms with E-state index in [1.54, 1.807) is 4.90 Å². The molecule has 3 aliphatic heterocycles. The summed E-state index contributed by atoms with van der Waals surface area (Å²) in [6.45, 7) is 4.66. The molecule has 6 heteroatoms. The van der Waals surface area contributed by atoms with E-state index >= 15 is 0 Å². The standard InChI is InChI=1S/C21H29N3O2S/c25-20-13-17(14-24(20)18-7-2-1-3-8-18)21(26)23-11-6-12-27-16-19(23)15-22-9-4-5-10-22/h1-3,7-8,17,19H,4-6,9-16H2. The van der Waals surface area contributed by atoms with Crippen LogP contribution in [0.5, 0.6) is 0 Å². The second kappa shape index (κ2) is 8.65. The van der Waals surface area contributed by atoms with Crippen molar-refractivity contribution in [1.29, 1.82) is 0 Å². The maximum atomic E-state index is 13.4. The first-order valence-corrected chi connectivity index (χ1v) is 11.3. The number of rotatable bonds is 4. The molecule has 0 aliphatic carbocycles. The summed E-state index contributed by atoms with van der Waals surface area (Å²) in [4.78, 5) is 32.3. The zero-order valence-electron chi connectivity index (χ0n) is 15.9. The number of nitrogens with zero attached hydrogens (tertiary/aromatic N) is 3. The van der Waals surface area contributed by atoms with E-state index in [1.807, 2.05) is 42.1 Å². The number of anilines is 1. The molecule has 0 N–H and O–H groups in total. The van der Waals surface area contributed by atoms with Crippen molar-refractivity contribution in [3.8, 4) is 0 Å². The van der Waals surface area contributed by atoms with Gasteiger partial charge in [-0.1, -0.05) is 18.2 Å². The average molecular weight is 388 g/mol. The first-order valence-electron chi connectivity index (χ1n) is 10.2. The number of benzene rings is 1. The molecule has 2 amide bonds. The molecule has 2 atom stereocenters. The summed E-state index contributed by atoms with van der Waals surface area (Å²) in [5.74, 6) is 2.20. The summed E-state index contributed by atoms with van der Waals surface area (Å²) >= 11 is 1.97. The molecule has 3 aliphatic rings. The van der Waals surface area contributed by atoms with Crippen LogP contribution in [0.2, 0.25) is 0 Å². The highest BCUT2D eigenvalue weighted by Gasteiger charge is 2.39. The maximum Gasteiger partial charge on any atom is 0.228 e. The van der Waals surface area contributed by atoms with Crippen LogP contribution in [0.25, 0.3) is 0 Å². The monoisotopic (exact) mass is 387 g/mol. The van der Waals surface area contributed by atoms with Crippen LogP contribution in [0.15, 0.2) is 30.3 Å². The number of thioether (sulfide) groups is 1. The molecule has 1 aromatic rings. The normalized spacial score (nSPS) is 27.2. The van der Waals surface area contributed by atoms with E-state index in [0.29, 0.717) is 13.0 Å². The lowest BCUT2D eigenvalue weighted by Crippen LogP contribution is -2.50. The topological polar surface area (TPSA) is 43.9 Å². The quantitative estimate of drug-likeness (QED) is 0.796. The smallest absolute Gasteiger partial charge is 0.228 e. The Morgan fingerprint density at radius 1 is 1.07 bits per heavy atom. The molecule has 0 spiro atoms. The van der Waals surface area contributed by atoms with Gasteiger partial charge in [0, 0.05) is 37.5 Å². The van der Waals surface area contributed by atoms with Gasteiger partial charge in [0.1, 0.15) is 0 Å². The first kappa shape index (κ1) is 18.8. The molecule has 3 heterocycles. The van der Waals surface area contributed by atoms with Crippen LogP contribution in [0, 0.1) is 5.92 Å². The molecule has 0 radical (unpaired) electrons. The van der Waals surface area contributed by atoms with Gasteiger partial charge in [0.2, 0.25) is 11.8 Å². The van der Waals surface area contributed by atoms with Gasteiger partial charge < -0.3 is 14.7 Å². The molecule has 3 fully saturated rings. The van der Waals surface area contributed by atoms with Gasteiger partial charge in [-0.05, 0) is 50.2 Å². The van der Waals surface area contributed by atoms with Crippen LogP contribution in [-0.2, 0) is 9.59 Å². The van der Waals surface area contributed by atoms with Crippen LogP contribution >= 0.6 is 11.8 Å². The highest BCUT2D eigenvalue weighted by molar-refractivity contribution is 7.99. The number of likely N-dealkylation sites (tertiary alicyclic amines) is 1. The number of carbonyl (C=O) groups is 2. The Balaban J connectivity index is 1.45. The number of para-hydroxylation sites is 1. The fourth-order valence-electron chi connectivity index (χ4n) is 4.50. The summed E-state index contributed by atoms with van der Waals surface area (Å²) in [6, 6.07) is 10.0. The van der Waals surface area contributed by atoms with Crippen molar-refractivity contribution in [1.82, 2.24) is 9.80 Å². The second-order valence-electron chi connectivity index (χ2n) is 7.86. The van der Waals surface area contributed by atoms with E-state index in [-0.39, 0.29) is 23.8 Å². The van der Waals surface area contributed by atoms with Gasteiger partial charge in [-0.25, -0.2) is 0 Å². The molecule has 27 heavy (non-hydrogen) atoms. The summed E-state index contributed by atoms with van der Waals surface area (Å²) < 4.78 is 0. The number of hydrogen-bond donors (Lipinski definition) is 0. The van der Waals surface area contributed by atoms with Crippen molar-refractivity contribution in [3.05, 3.63) is 30.3 Å². The SMILES string of the molecule is O=C1CC(C(=O)N2CCCSCC2CN2CCCC2)CN1c1ccccc1. The predicted octanol–water partition coefficient (Wildman–Crippen LogP) is 2.47. The zero-order valence-corrected chi connectivity index (χ0v) is 16.7. The molecule has 0 bridgehead atoms. The Labute approximate surface area is 166 Å². The third-order valence-corrected chi connectivity index (χ3v) is 7.13. The lowest BCUT2D eigenvalue weighted by Gasteiger charge is -2.34. The minimum atomic E-state index is -0.207. The van der Waals surface area contributed by atoms with Gasteiger partial charge in [0.05, 0.1) is 12.0 Å². The molecule has 1 aromatic carbocycles. The van der Waals surface area contributed by atoms with Crippen molar-refractivity contribution in [2.45, 2.75) is 31.7 Å². The van der Waals surface area contributed by atoms with Gasteiger partial charge in [0.25, 0.3) is 0 Å². The fraction of sp³-hybridized carbons (Fsp3) is 0.619. The van der Waals surface area contributed by atoms with E-state index in [4.69, 9.17) is 0 Å². The predicted molar refractivity (Wildman–Crippen MR) is 110 cm³/mol. The highest BCUT2D eigenvalue weighted by atomic mass is 32.2. The molecule has 2 unspecified atom stereocenters. The minimum Gasteiger partial charge on any atom is -0.337 e. The summed E-state index contributed by atoms with van der Waals surface area (Å²) in [7, 11) is 0. The third-order valence-electron chi connectivity index (χ3n) is 5.93. The number of hydrogen-bond acceptors (Lipinski definition) is 4. The Bertz CT molecular complexity index is 663. The molecule has 3 saturated heterocycles. The van der Waals surface area contributed by atoms with E-state index in [1.165, 1.54) is 12.8 Å². The molecular weight excluding hydrogens is 358 g/mol. The average Bonchev–Trinajstić information content (AvgIpc) is 3.27. The number of carbonyl (C=O) groups excluding carboxylic acids is 2. The van der Waals surface area contributed by atoms with Crippen molar-refractivity contribution in [2.24, 2.45) is 5.92 Å². The van der Waals surface area contributed by atoms with Crippen LogP contribution in [0.3, 0.4) is 0 Å². The van der Waals surface area contributed by atoms with Crippen molar-refractivity contribution >= 4 is 29.3 Å². The molecule has 146 valence electrons. The van der Waals surface area contributed by atoms with Crippen molar-refractivity contribution in [2.75, 3.05) is 49.1 Å². The Kier molecular flexibility index (Phi) is 6.03. The molecule has 0 aromatic heterocycles. The fourth-order valence-corrected chi connectivity index (χ4v) is 5.56. The zero-order chi connectivity index (χ0) is 18.6. The Morgan fingerprint density at radius 2 is 1.85 bits per heavy atom. The van der Waals surface area contributed by atoms with Crippen molar-refractivity contribution < 1.29 is 9.59 Å². The molecule has 5 nitrogen and oxygen atoms in total. The van der Waals surface area contributed by atoms with Crippen LogP contribution in [0.4, 0.5) is 5.69 Å². The van der Waals surface area contributed by atoms with Gasteiger partial charge in [-0.2, -0.15) is 11.8 Å². The van der Waals surface area contributed by atoms with E-state index < -0.39 is 0 Å². The lowest BCUT2D eigenvalue weighted by atomic mass is 10.1. The summed E-state index contributed by atoms with van der Waals surface area (Å²) in [6.07, 6.45) is 3.94. The molecular formula is C21H29N3O2S. The van der Waals surface area contributed by atoms with Gasteiger partial charge in [0.15, 0.2) is 0 Å². The largest absolute Gasteiger partial charge is 0.337 e. The van der Waals surface area contributed by atoms with E-state index in [2.05, 4.69) is 9.80 Å². The number of amides is 2. The van der Waals surface area contributed by atoms with Gasteiger partial charge >= 0.3 is 0 Å². The first-order chi connectivity index (χ1) is 13.2.